The van der Waals surface area contributed by atoms with E-state index in [2.05, 4.69) is 48.1 Å². The van der Waals surface area contributed by atoms with Crippen LogP contribution in [0, 0.1) is 13.8 Å². The van der Waals surface area contributed by atoms with Gasteiger partial charge >= 0.3 is 0 Å². The van der Waals surface area contributed by atoms with E-state index in [1.54, 1.807) is 0 Å². The predicted octanol–water partition coefficient (Wildman–Crippen LogP) is 4.63. The van der Waals surface area contributed by atoms with Crippen LogP contribution in [0.4, 0.5) is 0 Å². The van der Waals surface area contributed by atoms with Crippen molar-refractivity contribution in [1.82, 2.24) is 9.88 Å². The molecule has 0 aliphatic carbocycles. The van der Waals surface area contributed by atoms with E-state index >= 15 is 0 Å². The maximum absolute atomic E-state index is 10.3. The molecule has 3 heteroatoms. The Morgan fingerprint density at radius 3 is 2.32 bits per heavy atom. The van der Waals surface area contributed by atoms with E-state index in [1.165, 1.54) is 11.1 Å². The van der Waals surface area contributed by atoms with Crippen LogP contribution in [0.1, 0.15) is 34.0 Å². The Morgan fingerprint density at radius 2 is 1.64 bits per heavy atom. The topological polar surface area (TPSA) is 36.4 Å². The van der Waals surface area contributed by atoms with E-state index in [0.717, 1.165) is 16.8 Å². The number of aromatic nitrogens is 1. The van der Waals surface area contributed by atoms with E-state index in [1.807, 2.05) is 49.5 Å². The number of aromatic hydroxyl groups is 1. The fraction of sp³-hybridized carbons (Fsp3) is 0.227. The summed E-state index contributed by atoms with van der Waals surface area (Å²) in [4.78, 5) is 6.79. The molecule has 0 aliphatic rings. The summed E-state index contributed by atoms with van der Waals surface area (Å²) in [6.07, 6.45) is 1.83. The van der Waals surface area contributed by atoms with Crippen LogP contribution >= 0.6 is 0 Å². The van der Waals surface area contributed by atoms with Gasteiger partial charge in [-0.25, -0.2) is 0 Å². The van der Waals surface area contributed by atoms with Crippen LogP contribution < -0.4 is 0 Å². The summed E-state index contributed by atoms with van der Waals surface area (Å²) in [6.45, 7) is 4.73. The Bertz CT molecular complexity index is 792. The van der Waals surface area contributed by atoms with Crippen molar-refractivity contribution in [2.75, 3.05) is 7.05 Å². The molecule has 0 fully saturated rings. The zero-order valence-corrected chi connectivity index (χ0v) is 15.0. The van der Waals surface area contributed by atoms with Crippen molar-refractivity contribution in [3.05, 3.63) is 94.8 Å². The monoisotopic (exact) mass is 332 g/mol. The Hall–Kier alpha value is -2.65. The van der Waals surface area contributed by atoms with Crippen LogP contribution in [-0.2, 0) is 6.54 Å². The molecule has 1 N–H and O–H groups in total. The maximum atomic E-state index is 10.3. The zero-order chi connectivity index (χ0) is 17.8. The van der Waals surface area contributed by atoms with E-state index in [4.69, 9.17) is 0 Å². The van der Waals surface area contributed by atoms with Crippen molar-refractivity contribution in [2.45, 2.75) is 26.4 Å². The lowest BCUT2D eigenvalue weighted by atomic mass is 10.00. The molecule has 0 aliphatic heterocycles. The minimum Gasteiger partial charge on any atom is -0.508 e. The Labute approximate surface area is 149 Å². The third-order valence-electron chi connectivity index (χ3n) is 4.64. The number of aryl methyl sites for hydroxylation is 2. The zero-order valence-electron chi connectivity index (χ0n) is 15.0. The number of nitrogens with zero attached hydrogens (tertiary/aromatic N) is 2. The summed E-state index contributed by atoms with van der Waals surface area (Å²) in [6, 6.07) is 20.3. The molecule has 0 bridgehead atoms. The average molecular weight is 332 g/mol. The fourth-order valence-corrected chi connectivity index (χ4v) is 3.17. The molecule has 128 valence electrons. The van der Waals surface area contributed by atoms with Gasteiger partial charge in [0.1, 0.15) is 5.75 Å². The molecule has 3 nitrogen and oxygen atoms in total. The van der Waals surface area contributed by atoms with Gasteiger partial charge in [0.2, 0.25) is 0 Å². The van der Waals surface area contributed by atoms with E-state index < -0.39 is 0 Å². The number of benzene rings is 2. The minimum absolute atomic E-state index is 0.0309. The van der Waals surface area contributed by atoms with Crippen molar-refractivity contribution in [3.63, 3.8) is 0 Å². The van der Waals surface area contributed by atoms with Crippen molar-refractivity contribution >= 4 is 0 Å². The smallest absolute Gasteiger partial charge is 0.120 e. The summed E-state index contributed by atoms with van der Waals surface area (Å²) in [7, 11) is 2.07. The number of pyridine rings is 1. The van der Waals surface area contributed by atoms with E-state index in [-0.39, 0.29) is 6.04 Å². The average Bonchev–Trinajstić information content (AvgIpc) is 2.62. The molecule has 0 saturated heterocycles. The van der Waals surface area contributed by atoms with Gasteiger partial charge in [0.05, 0.1) is 11.7 Å². The van der Waals surface area contributed by atoms with Crippen LogP contribution in [0.25, 0.3) is 0 Å². The molecule has 25 heavy (non-hydrogen) atoms. The summed E-state index contributed by atoms with van der Waals surface area (Å²) in [5.74, 6) is 0.350. The van der Waals surface area contributed by atoms with Gasteiger partial charge in [-0.1, -0.05) is 42.5 Å². The standard InChI is InChI=1S/C22H24N2O/c1-16-13-19(21(25)14-17(16)2)15-24(3)22(18-9-5-4-6-10-18)20-11-7-8-12-23-20/h4-14,22,25H,15H2,1-3H3. The Balaban J connectivity index is 1.95. The molecular weight excluding hydrogens is 308 g/mol. The van der Waals surface area contributed by atoms with Crippen molar-refractivity contribution in [2.24, 2.45) is 0 Å². The summed E-state index contributed by atoms with van der Waals surface area (Å²) in [5, 5.41) is 10.3. The molecule has 0 spiro atoms. The number of phenolic OH excluding ortho intramolecular Hbond substituents is 1. The fourth-order valence-electron chi connectivity index (χ4n) is 3.17. The van der Waals surface area contributed by atoms with E-state index in [9.17, 15) is 5.11 Å². The summed E-state index contributed by atoms with van der Waals surface area (Å²) in [5.41, 5.74) is 5.41. The molecule has 0 saturated carbocycles. The van der Waals surface area contributed by atoms with Crippen LogP contribution in [0.5, 0.6) is 5.75 Å². The maximum Gasteiger partial charge on any atom is 0.120 e. The van der Waals surface area contributed by atoms with Crippen LogP contribution in [0.3, 0.4) is 0 Å². The SMILES string of the molecule is Cc1cc(O)c(CN(C)C(c2ccccc2)c2ccccn2)cc1C. The molecule has 0 radical (unpaired) electrons. The number of phenols is 1. The van der Waals surface area contributed by atoms with Crippen LogP contribution in [0.2, 0.25) is 0 Å². The van der Waals surface area contributed by atoms with Gasteiger partial charge in [0, 0.05) is 18.3 Å². The second-order valence-corrected chi connectivity index (χ2v) is 6.55. The molecule has 2 aromatic carbocycles. The van der Waals surface area contributed by atoms with Gasteiger partial charge in [-0.2, -0.15) is 0 Å². The lowest BCUT2D eigenvalue weighted by Crippen LogP contribution is -2.26. The molecule has 1 aromatic heterocycles. The lowest BCUT2D eigenvalue weighted by Gasteiger charge is -2.28. The second-order valence-electron chi connectivity index (χ2n) is 6.55. The first-order valence-electron chi connectivity index (χ1n) is 8.51. The molecule has 3 aromatic rings. The van der Waals surface area contributed by atoms with E-state index in [0.29, 0.717) is 12.3 Å². The number of hydrogen-bond donors (Lipinski definition) is 1. The third kappa shape index (κ3) is 3.89. The first-order valence-corrected chi connectivity index (χ1v) is 8.51. The molecule has 3 rings (SSSR count). The lowest BCUT2D eigenvalue weighted by molar-refractivity contribution is 0.262. The van der Waals surface area contributed by atoms with Gasteiger partial charge in [0.25, 0.3) is 0 Å². The normalized spacial score (nSPS) is 12.3. The summed E-state index contributed by atoms with van der Waals surface area (Å²) < 4.78 is 0. The number of hydrogen-bond acceptors (Lipinski definition) is 3. The number of rotatable bonds is 5. The van der Waals surface area contributed by atoms with Gasteiger partial charge in [-0.3, -0.25) is 9.88 Å². The molecular formula is C22H24N2O. The largest absolute Gasteiger partial charge is 0.508 e. The van der Waals surface area contributed by atoms with Gasteiger partial charge in [-0.05, 0) is 55.8 Å². The highest BCUT2D eigenvalue weighted by molar-refractivity contribution is 5.41. The van der Waals surface area contributed by atoms with Crippen molar-refractivity contribution in [1.29, 1.82) is 0 Å². The predicted molar refractivity (Wildman–Crippen MR) is 102 cm³/mol. The Kier molecular flexibility index (Phi) is 5.15. The highest BCUT2D eigenvalue weighted by atomic mass is 16.3. The van der Waals surface area contributed by atoms with Gasteiger partial charge in [-0.15, -0.1) is 0 Å². The van der Waals surface area contributed by atoms with Gasteiger partial charge in [0.15, 0.2) is 0 Å². The third-order valence-corrected chi connectivity index (χ3v) is 4.64. The van der Waals surface area contributed by atoms with Crippen molar-refractivity contribution in [3.8, 4) is 5.75 Å². The molecule has 1 heterocycles. The van der Waals surface area contributed by atoms with Crippen molar-refractivity contribution < 1.29 is 5.11 Å². The minimum atomic E-state index is 0.0309. The molecule has 1 atom stereocenters. The van der Waals surface area contributed by atoms with Crippen LogP contribution in [0.15, 0.2) is 66.9 Å². The van der Waals surface area contributed by atoms with Gasteiger partial charge < -0.3 is 5.11 Å². The summed E-state index contributed by atoms with van der Waals surface area (Å²) >= 11 is 0. The highest BCUT2D eigenvalue weighted by Gasteiger charge is 2.21. The molecule has 1 unspecified atom stereocenters. The first kappa shape index (κ1) is 17.2. The quantitative estimate of drug-likeness (QED) is 0.740. The molecule has 0 amide bonds. The van der Waals surface area contributed by atoms with Crippen LogP contribution in [-0.4, -0.2) is 22.0 Å². The highest BCUT2D eigenvalue weighted by Crippen LogP contribution is 2.30. The first-order chi connectivity index (χ1) is 12.1. The second kappa shape index (κ2) is 7.49. The Morgan fingerprint density at radius 1 is 0.960 bits per heavy atom.